The van der Waals surface area contributed by atoms with Crippen molar-refractivity contribution >= 4 is 11.8 Å². The molecule has 0 aliphatic carbocycles. The van der Waals surface area contributed by atoms with Gasteiger partial charge in [0.2, 0.25) is 5.91 Å². The van der Waals surface area contributed by atoms with Gasteiger partial charge in [-0.3, -0.25) is 9.59 Å². The van der Waals surface area contributed by atoms with Crippen molar-refractivity contribution in [3.05, 3.63) is 77.6 Å². The third-order valence-electron chi connectivity index (χ3n) is 5.35. The zero-order valence-electron chi connectivity index (χ0n) is 16.6. The molecule has 4 rings (SSSR count). The molecule has 1 unspecified atom stereocenters. The van der Waals surface area contributed by atoms with Crippen LogP contribution in [0.15, 0.2) is 60.7 Å². The summed E-state index contributed by atoms with van der Waals surface area (Å²) in [7, 11) is 0. The van der Waals surface area contributed by atoms with Gasteiger partial charge in [-0.15, -0.1) is 0 Å². The van der Waals surface area contributed by atoms with Crippen LogP contribution in [-0.2, 0) is 17.9 Å². The molecular formula is C23H24N4O2. The molecule has 148 valence electrons. The summed E-state index contributed by atoms with van der Waals surface area (Å²) in [5.74, 6) is 0.543. The van der Waals surface area contributed by atoms with Crippen molar-refractivity contribution in [2.75, 3.05) is 6.54 Å². The number of nitrogens with zero attached hydrogens (tertiary/aromatic N) is 3. The number of rotatable bonds is 4. The molecule has 0 saturated heterocycles. The van der Waals surface area contributed by atoms with Crippen molar-refractivity contribution in [2.45, 2.75) is 33.0 Å². The van der Waals surface area contributed by atoms with E-state index in [9.17, 15) is 9.59 Å². The third-order valence-corrected chi connectivity index (χ3v) is 5.35. The number of carbonyl (C=O) groups is 2. The van der Waals surface area contributed by atoms with Crippen LogP contribution in [0.4, 0.5) is 0 Å². The number of hydrogen-bond donors (Lipinski definition) is 1. The van der Waals surface area contributed by atoms with Crippen LogP contribution in [0.5, 0.6) is 0 Å². The number of aromatic nitrogens is 2. The van der Waals surface area contributed by atoms with Gasteiger partial charge in [0, 0.05) is 25.6 Å². The molecule has 6 nitrogen and oxygen atoms in total. The lowest BCUT2D eigenvalue weighted by atomic mass is 10.1. The van der Waals surface area contributed by atoms with E-state index >= 15 is 0 Å². The summed E-state index contributed by atoms with van der Waals surface area (Å²) in [6.07, 6.45) is 0. The normalized spacial score (nSPS) is 14.2. The predicted molar refractivity (Wildman–Crippen MR) is 111 cm³/mol. The van der Waals surface area contributed by atoms with E-state index in [1.807, 2.05) is 67.6 Å². The van der Waals surface area contributed by atoms with Gasteiger partial charge in [0.15, 0.2) is 5.69 Å². The van der Waals surface area contributed by atoms with Gasteiger partial charge in [0.1, 0.15) is 5.82 Å². The quantitative estimate of drug-likeness (QED) is 0.745. The minimum atomic E-state index is -0.224. The Hall–Kier alpha value is -3.41. The van der Waals surface area contributed by atoms with Crippen LogP contribution >= 0.6 is 0 Å². The first-order valence-corrected chi connectivity index (χ1v) is 9.80. The van der Waals surface area contributed by atoms with Crippen LogP contribution in [0.2, 0.25) is 0 Å². The SMILES string of the molecule is CC(=O)N1CCn2c(-c3ccccc3)nc(C(=O)NC(C)c3ccccc3)c2C1. The number of amides is 2. The molecule has 1 N–H and O–H groups in total. The number of hydrogen-bond acceptors (Lipinski definition) is 3. The molecule has 6 heteroatoms. The molecule has 2 heterocycles. The van der Waals surface area contributed by atoms with Crippen LogP contribution in [-0.4, -0.2) is 32.8 Å². The highest BCUT2D eigenvalue weighted by Crippen LogP contribution is 2.27. The van der Waals surface area contributed by atoms with Gasteiger partial charge in [0.05, 0.1) is 18.3 Å². The van der Waals surface area contributed by atoms with Crippen LogP contribution in [0.1, 0.15) is 41.6 Å². The highest BCUT2D eigenvalue weighted by Gasteiger charge is 2.29. The van der Waals surface area contributed by atoms with E-state index in [4.69, 9.17) is 4.98 Å². The highest BCUT2D eigenvalue weighted by molar-refractivity contribution is 5.94. The van der Waals surface area contributed by atoms with E-state index < -0.39 is 0 Å². The number of carbonyl (C=O) groups excluding carboxylic acids is 2. The fraction of sp³-hybridized carbons (Fsp3) is 0.261. The van der Waals surface area contributed by atoms with Crippen molar-refractivity contribution in [2.24, 2.45) is 0 Å². The molecule has 2 aromatic carbocycles. The fourth-order valence-electron chi connectivity index (χ4n) is 3.72. The Morgan fingerprint density at radius 1 is 1.00 bits per heavy atom. The van der Waals surface area contributed by atoms with Gasteiger partial charge >= 0.3 is 0 Å². The van der Waals surface area contributed by atoms with Crippen molar-refractivity contribution in [3.8, 4) is 11.4 Å². The second kappa shape index (κ2) is 7.91. The highest BCUT2D eigenvalue weighted by atomic mass is 16.2. The minimum absolute atomic E-state index is 0.00252. The van der Waals surface area contributed by atoms with Gasteiger partial charge in [-0.05, 0) is 12.5 Å². The van der Waals surface area contributed by atoms with Gasteiger partial charge in [-0.1, -0.05) is 60.7 Å². The second-order valence-electron chi connectivity index (χ2n) is 7.29. The van der Waals surface area contributed by atoms with Gasteiger partial charge < -0.3 is 14.8 Å². The van der Waals surface area contributed by atoms with Gasteiger partial charge in [0.25, 0.3) is 5.91 Å². The third kappa shape index (κ3) is 3.78. The molecule has 29 heavy (non-hydrogen) atoms. The molecule has 0 saturated carbocycles. The summed E-state index contributed by atoms with van der Waals surface area (Å²) in [5, 5.41) is 3.05. The lowest BCUT2D eigenvalue weighted by Gasteiger charge is -2.28. The Morgan fingerprint density at radius 2 is 1.66 bits per heavy atom. The van der Waals surface area contributed by atoms with Crippen molar-refractivity contribution in [1.29, 1.82) is 0 Å². The molecule has 0 radical (unpaired) electrons. The Balaban J connectivity index is 1.70. The molecule has 1 aliphatic rings. The van der Waals surface area contributed by atoms with E-state index in [1.54, 1.807) is 11.8 Å². The first-order chi connectivity index (χ1) is 14.0. The van der Waals surface area contributed by atoms with E-state index in [0.29, 0.717) is 25.3 Å². The van der Waals surface area contributed by atoms with E-state index in [2.05, 4.69) is 9.88 Å². The number of benzene rings is 2. The lowest BCUT2D eigenvalue weighted by molar-refractivity contribution is -0.130. The molecule has 3 aromatic rings. The predicted octanol–water partition coefficient (Wildman–Crippen LogP) is 3.40. The summed E-state index contributed by atoms with van der Waals surface area (Å²) in [6.45, 7) is 5.13. The average Bonchev–Trinajstić information content (AvgIpc) is 3.14. The van der Waals surface area contributed by atoms with Gasteiger partial charge in [-0.2, -0.15) is 0 Å². The van der Waals surface area contributed by atoms with Crippen molar-refractivity contribution < 1.29 is 9.59 Å². The molecule has 2 amide bonds. The van der Waals surface area contributed by atoms with Gasteiger partial charge in [-0.25, -0.2) is 4.98 Å². The Bertz CT molecular complexity index is 1030. The molecular weight excluding hydrogens is 364 g/mol. The summed E-state index contributed by atoms with van der Waals surface area (Å²) < 4.78 is 2.07. The van der Waals surface area contributed by atoms with E-state index in [1.165, 1.54) is 0 Å². The maximum atomic E-state index is 13.1. The Kier molecular flexibility index (Phi) is 5.16. The van der Waals surface area contributed by atoms with Crippen LogP contribution in [0, 0.1) is 0 Å². The molecule has 0 bridgehead atoms. The van der Waals surface area contributed by atoms with Crippen LogP contribution < -0.4 is 5.32 Å². The fourth-order valence-corrected chi connectivity index (χ4v) is 3.72. The lowest BCUT2D eigenvalue weighted by Crippen LogP contribution is -2.38. The number of nitrogens with one attached hydrogen (secondary N) is 1. The maximum Gasteiger partial charge on any atom is 0.272 e. The summed E-state index contributed by atoms with van der Waals surface area (Å²) >= 11 is 0. The minimum Gasteiger partial charge on any atom is -0.344 e. The molecule has 1 aromatic heterocycles. The summed E-state index contributed by atoms with van der Waals surface area (Å²) in [4.78, 5) is 31.5. The maximum absolute atomic E-state index is 13.1. The number of imidazole rings is 1. The molecule has 0 spiro atoms. The standard InChI is InChI=1S/C23H24N4O2/c1-16(18-9-5-3-6-10-18)24-23(29)21-20-15-26(17(2)28)13-14-27(20)22(25-21)19-11-7-4-8-12-19/h3-12,16H,13-15H2,1-2H3,(H,24,29). The van der Waals surface area contributed by atoms with E-state index in [-0.39, 0.29) is 17.9 Å². The van der Waals surface area contributed by atoms with Crippen LogP contribution in [0.3, 0.4) is 0 Å². The van der Waals surface area contributed by atoms with E-state index in [0.717, 1.165) is 22.6 Å². The van der Waals surface area contributed by atoms with Crippen LogP contribution in [0.25, 0.3) is 11.4 Å². The first kappa shape index (κ1) is 18.9. The monoisotopic (exact) mass is 388 g/mol. The number of fused-ring (bicyclic) bond motifs is 1. The Labute approximate surface area is 170 Å². The van der Waals surface area contributed by atoms with Crippen molar-refractivity contribution in [3.63, 3.8) is 0 Å². The Morgan fingerprint density at radius 3 is 2.31 bits per heavy atom. The molecule has 1 aliphatic heterocycles. The molecule has 0 fully saturated rings. The smallest absolute Gasteiger partial charge is 0.272 e. The summed E-state index contributed by atoms with van der Waals surface area (Å²) in [6, 6.07) is 19.5. The summed E-state index contributed by atoms with van der Waals surface area (Å²) in [5.41, 5.74) is 3.16. The van der Waals surface area contributed by atoms with Crippen molar-refractivity contribution in [1.82, 2.24) is 19.8 Å². The molecule has 1 atom stereocenters. The largest absolute Gasteiger partial charge is 0.344 e. The first-order valence-electron chi connectivity index (χ1n) is 9.80. The average molecular weight is 388 g/mol. The second-order valence-corrected chi connectivity index (χ2v) is 7.29. The topological polar surface area (TPSA) is 67.2 Å². The zero-order valence-corrected chi connectivity index (χ0v) is 16.6. The zero-order chi connectivity index (χ0) is 20.4.